The number of methoxy groups -OCH3 is 1. The van der Waals surface area contributed by atoms with Crippen molar-refractivity contribution in [3.63, 3.8) is 0 Å². The van der Waals surface area contributed by atoms with Crippen molar-refractivity contribution in [1.82, 2.24) is 19.9 Å². The maximum absolute atomic E-state index is 5.31. The molecule has 0 spiro atoms. The van der Waals surface area contributed by atoms with E-state index in [1.54, 1.807) is 7.11 Å². The molecule has 0 aliphatic heterocycles. The number of hydrogen-bond donors (Lipinski definition) is 0. The van der Waals surface area contributed by atoms with Crippen LogP contribution in [0.4, 0.5) is 0 Å². The minimum absolute atomic E-state index is 0.377. The van der Waals surface area contributed by atoms with Crippen molar-refractivity contribution >= 4 is 0 Å². The van der Waals surface area contributed by atoms with Crippen molar-refractivity contribution in [2.24, 2.45) is 0 Å². The second-order valence-electron chi connectivity index (χ2n) is 4.68. The maximum atomic E-state index is 5.31. The third kappa shape index (κ3) is 3.01. The Morgan fingerprint density at radius 2 is 2.21 bits per heavy atom. The molecule has 2 aromatic heterocycles. The van der Waals surface area contributed by atoms with Gasteiger partial charge in [-0.1, -0.05) is 19.0 Å². The normalized spacial score (nSPS) is 11.4. The molecule has 0 fully saturated rings. The average Bonchev–Trinajstić information content (AvgIpc) is 3.02. The van der Waals surface area contributed by atoms with E-state index in [0.717, 1.165) is 17.9 Å². The zero-order valence-corrected chi connectivity index (χ0v) is 11.9. The third-order valence-corrected chi connectivity index (χ3v) is 2.91. The molecule has 0 N–H and O–H groups in total. The summed E-state index contributed by atoms with van der Waals surface area (Å²) in [7, 11) is 1.65. The van der Waals surface area contributed by atoms with Crippen LogP contribution in [0.5, 0.6) is 0 Å². The van der Waals surface area contributed by atoms with Gasteiger partial charge in [-0.25, -0.2) is 0 Å². The molecule has 0 amide bonds. The van der Waals surface area contributed by atoms with E-state index < -0.39 is 0 Å². The molecule has 0 aliphatic rings. The summed E-state index contributed by atoms with van der Waals surface area (Å²) < 4.78 is 12.2. The zero-order chi connectivity index (χ0) is 13.8. The second kappa shape index (κ2) is 5.97. The van der Waals surface area contributed by atoms with Gasteiger partial charge in [0.2, 0.25) is 0 Å². The Morgan fingerprint density at radius 3 is 2.84 bits per heavy atom. The van der Waals surface area contributed by atoms with Gasteiger partial charge in [0.05, 0.1) is 12.3 Å². The molecule has 0 saturated heterocycles. The Hall–Kier alpha value is -1.69. The van der Waals surface area contributed by atoms with Crippen molar-refractivity contribution in [2.45, 2.75) is 39.7 Å². The lowest BCUT2D eigenvalue weighted by Gasteiger charge is -1.99. The second-order valence-corrected chi connectivity index (χ2v) is 4.68. The van der Waals surface area contributed by atoms with Crippen molar-refractivity contribution in [1.29, 1.82) is 0 Å². The largest absolute Gasteiger partial charge is 0.384 e. The summed E-state index contributed by atoms with van der Waals surface area (Å²) in [5.41, 5.74) is 1.91. The van der Waals surface area contributed by atoms with Gasteiger partial charge in [0, 0.05) is 20.1 Å². The molecule has 0 unspecified atom stereocenters. The van der Waals surface area contributed by atoms with Gasteiger partial charge < -0.3 is 9.26 Å². The highest BCUT2D eigenvalue weighted by Gasteiger charge is 2.16. The topological polar surface area (TPSA) is 66.0 Å². The van der Waals surface area contributed by atoms with Crippen molar-refractivity contribution in [3.8, 4) is 11.6 Å². The first-order valence-corrected chi connectivity index (χ1v) is 6.55. The molecule has 0 atom stereocenters. The van der Waals surface area contributed by atoms with Crippen LogP contribution in [0.15, 0.2) is 10.6 Å². The fourth-order valence-corrected chi connectivity index (χ4v) is 1.78. The fourth-order valence-electron chi connectivity index (χ4n) is 1.78. The number of aryl methyl sites for hydroxylation is 1. The summed E-state index contributed by atoms with van der Waals surface area (Å²) in [6, 6.07) is 2.02. The van der Waals surface area contributed by atoms with Crippen molar-refractivity contribution in [3.05, 3.63) is 17.6 Å². The highest BCUT2D eigenvalue weighted by molar-refractivity contribution is 5.48. The Bertz CT molecular complexity index is 530. The number of hydrogen-bond acceptors (Lipinski definition) is 5. The highest BCUT2D eigenvalue weighted by atomic mass is 16.5. The van der Waals surface area contributed by atoms with Gasteiger partial charge in [-0.2, -0.15) is 10.1 Å². The standard InChI is InChI=1S/C13H20N4O2/c1-5-17-11(8-10(15-17)9(2)3)13-14-12(16-19-13)6-7-18-4/h8-9H,5-7H2,1-4H3. The average molecular weight is 264 g/mol. The molecule has 2 aromatic rings. The van der Waals surface area contributed by atoms with E-state index in [0.29, 0.717) is 30.7 Å². The summed E-state index contributed by atoms with van der Waals surface area (Å²) in [6.45, 7) is 7.64. The van der Waals surface area contributed by atoms with Crippen LogP contribution in [-0.4, -0.2) is 33.6 Å². The van der Waals surface area contributed by atoms with E-state index in [4.69, 9.17) is 9.26 Å². The van der Waals surface area contributed by atoms with E-state index in [9.17, 15) is 0 Å². The third-order valence-electron chi connectivity index (χ3n) is 2.91. The van der Waals surface area contributed by atoms with Crippen LogP contribution in [0.25, 0.3) is 11.6 Å². The van der Waals surface area contributed by atoms with Gasteiger partial charge in [0.15, 0.2) is 5.82 Å². The molecule has 6 nitrogen and oxygen atoms in total. The van der Waals surface area contributed by atoms with Crippen LogP contribution in [0.2, 0.25) is 0 Å². The minimum Gasteiger partial charge on any atom is -0.384 e. The van der Waals surface area contributed by atoms with Crippen LogP contribution >= 0.6 is 0 Å². The Balaban J connectivity index is 2.27. The summed E-state index contributed by atoms with van der Waals surface area (Å²) >= 11 is 0. The van der Waals surface area contributed by atoms with Crippen LogP contribution < -0.4 is 0 Å². The first-order chi connectivity index (χ1) is 9.15. The molecule has 2 rings (SSSR count). The molecule has 0 radical (unpaired) electrons. The van der Waals surface area contributed by atoms with E-state index in [2.05, 4.69) is 29.1 Å². The van der Waals surface area contributed by atoms with E-state index >= 15 is 0 Å². The van der Waals surface area contributed by atoms with Gasteiger partial charge >= 0.3 is 0 Å². The smallest absolute Gasteiger partial charge is 0.276 e. The molecular formula is C13H20N4O2. The van der Waals surface area contributed by atoms with Gasteiger partial charge in [0.25, 0.3) is 5.89 Å². The first-order valence-electron chi connectivity index (χ1n) is 6.55. The van der Waals surface area contributed by atoms with Crippen LogP contribution in [0, 0.1) is 0 Å². The lowest BCUT2D eigenvalue weighted by Crippen LogP contribution is -2.00. The molecule has 19 heavy (non-hydrogen) atoms. The molecule has 2 heterocycles. The quantitative estimate of drug-likeness (QED) is 0.800. The Labute approximate surface area is 112 Å². The molecular weight excluding hydrogens is 244 g/mol. The van der Waals surface area contributed by atoms with Crippen molar-refractivity contribution in [2.75, 3.05) is 13.7 Å². The minimum atomic E-state index is 0.377. The number of ether oxygens (including phenoxy) is 1. The molecule has 6 heteroatoms. The monoisotopic (exact) mass is 264 g/mol. The zero-order valence-electron chi connectivity index (χ0n) is 11.9. The van der Waals surface area contributed by atoms with Crippen LogP contribution in [-0.2, 0) is 17.7 Å². The van der Waals surface area contributed by atoms with Gasteiger partial charge in [-0.15, -0.1) is 0 Å². The maximum Gasteiger partial charge on any atom is 0.276 e. The Kier molecular flexibility index (Phi) is 4.31. The van der Waals surface area contributed by atoms with Gasteiger partial charge in [-0.05, 0) is 18.9 Å². The van der Waals surface area contributed by atoms with Gasteiger partial charge in [0.1, 0.15) is 5.69 Å². The molecule has 0 bridgehead atoms. The molecule has 104 valence electrons. The van der Waals surface area contributed by atoms with Gasteiger partial charge in [-0.3, -0.25) is 4.68 Å². The molecule has 0 aromatic carbocycles. The Morgan fingerprint density at radius 1 is 1.42 bits per heavy atom. The predicted octanol–water partition coefficient (Wildman–Crippen LogP) is 2.27. The lowest BCUT2D eigenvalue weighted by molar-refractivity contribution is 0.199. The van der Waals surface area contributed by atoms with Crippen LogP contribution in [0.3, 0.4) is 0 Å². The summed E-state index contributed by atoms with van der Waals surface area (Å²) in [5, 5.41) is 8.49. The van der Waals surface area contributed by atoms with Crippen molar-refractivity contribution < 1.29 is 9.26 Å². The summed E-state index contributed by atoms with van der Waals surface area (Å²) in [5.74, 6) is 1.56. The van der Waals surface area contributed by atoms with E-state index in [-0.39, 0.29) is 0 Å². The predicted molar refractivity (Wildman–Crippen MR) is 70.9 cm³/mol. The highest BCUT2D eigenvalue weighted by Crippen LogP contribution is 2.22. The number of aromatic nitrogens is 4. The number of nitrogens with zero attached hydrogens (tertiary/aromatic N) is 4. The summed E-state index contributed by atoms with van der Waals surface area (Å²) in [4.78, 5) is 4.38. The first kappa shape index (κ1) is 13.7. The number of rotatable bonds is 6. The summed E-state index contributed by atoms with van der Waals surface area (Å²) in [6.07, 6.45) is 0.650. The van der Waals surface area contributed by atoms with E-state index in [1.165, 1.54) is 0 Å². The fraction of sp³-hybridized carbons (Fsp3) is 0.615. The lowest BCUT2D eigenvalue weighted by atomic mass is 10.1. The molecule has 0 aliphatic carbocycles. The van der Waals surface area contributed by atoms with Crippen LogP contribution in [0.1, 0.15) is 38.2 Å². The SMILES string of the molecule is CCn1nc(C(C)C)cc1-c1nc(CCOC)no1. The van der Waals surface area contributed by atoms with E-state index in [1.807, 2.05) is 17.7 Å². The molecule has 0 saturated carbocycles.